The van der Waals surface area contributed by atoms with Crippen LogP contribution in [0.1, 0.15) is 27.7 Å². The highest BCUT2D eigenvalue weighted by Crippen LogP contribution is 1.87. The first-order chi connectivity index (χ1) is 6.13. The zero-order valence-electron chi connectivity index (χ0n) is 9.00. The Balaban J connectivity index is 2.92. The molecule has 0 saturated heterocycles. The first-order valence-electron chi connectivity index (χ1n) is 4.64. The van der Waals surface area contributed by atoms with Crippen LogP contribution in [0.15, 0.2) is 0 Å². The van der Waals surface area contributed by atoms with Crippen LogP contribution in [0.2, 0.25) is 0 Å². The van der Waals surface area contributed by atoms with Crippen molar-refractivity contribution in [3.63, 3.8) is 0 Å². The molecule has 0 saturated carbocycles. The van der Waals surface area contributed by atoms with Gasteiger partial charge in [0, 0.05) is 0 Å². The number of nitrogens with one attached hydrogen (secondary N) is 1. The fraction of sp³-hybridized carbons (Fsp3) is 1.00. The molecule has 0 atom stereocenters. The summed E-state index contributed by atoms with van der Waals surface area (Å²) in [5, 5.41) is 2.97. The summed E-state index contributed by atoms with van der Waals surface area (Å²) in [7, 11) is 0. The van der Waals surface area contributed by atoms with Gasteiger partial charge in [-0.1, -0.05) is 0 Å². The van der Waals surface area contributed by atoms with Crippen LogP contribution in [-0.2, 0) is 14.2 Å². The highest BCUT2D eigenvalue weighted by Gasteiger charge is 1.93. The van der Waals surface area contributed by atoms with Gasteiger partial charge in [0.2, 0.25) is 0 Å². The minimum Gasteiger partial charge on any atom is -0.364 e. The number of ether oxygens (including phenoxy) is 3. The summed E-state index contributed by atoms with van der Waals surface area (Å²) in [5.41, 5.74) is 0. The van der Waals surface area contributed by atoms with Crippen LogP contribution < -0.4 is 5.32 Å². The Hall–Kier alpha value is -0.160. The van der Waals surface area contributed by atoms with Crippen molar-refractivity contribution in [2.45, 2.75) is 39.9 Å². The van der Waals surface area contributed by atoms with Gasteiger partial charge in [0.15, 0.2) is 0 Å². The lowest BCUT2D eigenvalue weighted by atomic mass is 10.5. The van der Waals surface area contributed by atoms with Crippen molar-refractivity contribution in [2.75, 3.05) is 20.3 Å². The van der Waals surface area contributed by atoms with Crippen LogP contribution >= 0.6 is 0 Å². The molecule has 0 aliphatic rings. The van der Waals surface area contributed by atoms with E-state index < -0.39 is 0 Å². The molecular formula is C9H21NO3. The number of hydrogen-bond acceptors (Lipinski definition) is 4. The highest BCUT2D eigenvalue weighted by atomic mass is 16.7. The van der Waals surface area contributed by atoms with Crippen LogP contribution in [0, 0.1) is 0 Å². The summed E-state index contributed by atoms with van der Waals surface area (Å²) in [6.07, 6.45) is 0.464. The average molecular weight is 191 g/mol. The Morgan fingerprint density at radius 3 is 2.08 bits per heavy atom. The van der Waals surface area contributed by atoms with Crippen LogP contribution in [0.5, 0.6) is 0 Å². The van der Waals surface area contributed by atoms with Crippen molar-refractivity contribution < 1.29 is 14.2 Å². The lowest BCUT2D eigenvalue weighted by molar-refractivity contribution is -0.0893. The van der Waals surface area contributed by atoms with E-state index in [0.717, 1.165) is 0 Å². The number of rotatable bonds is 8. The van der Waals surface area contributed by atoms with Gasteiger partial charge in [0.1, 0.15) is 13.5 Å². The second-order valence-corrected chi connectivity index (χ2v) is 3.29. The van der Waals surface area contributed by atoms with Crippen LogP contribution in [0.3, 0.4) is 0 Å². The molecule has 0 unspecified atom stereocenters. The van der Waals surface area contributed by atoms with Crippen molar-refractivity contribution in [3.05, 3.63) is 0 Å². The van der Waals surface area contributed by atoms with E-state index in [2.05, 4.69) is 5.32 Å². The van der Waals surface area contributed by atoms with Gasteiger partial charge in [-0.05, 0) is 27.7 Å². The van der Waals surface area contributed by atoms with E-state index in [9.17, 15) is 0 Å². The molecule has 13 heavy (non-hydrogen) atoms. The molecule has 0 rings (SSSR count). The molecule has 0 aliphatic carbocycles. The number of hydrogen-bond donors (Lipinski definition) is 1. The fourth-order valence-electron chi connectivity index (χ4n) is 0.565. The minimum absolute atomic E-state index is 0.215. The normalized spacial score (nSPS) is 11.5. The molecule has 0 radical (unpaired) electrons. The second-order valence-electron chi connectivity index (χ2n) is 3.29. The van der Waals surface area contributed by atoms with Gasteiger partial charge in [-0.3, -0.25) is 5.32 Å². The maximum absolute atomic E-state index is 5.24. The summed E-state index contributed by atoms with van der Waals surface area (Å²) >= 11 is 0. The predicted octanol–water partition coefficient (Wildman–Crippen LogP) is 1.32. The lowest BCUT2D eigenvalue weighted by Gasteiger charge is -2.10. The summed E-state index contributed by atoms with van der Waals surface area (Å²) < 4.78 is 15.5. The summed E-state index contributed by atoms with van der Waals surface area (Å²) in [6.45, 7) is 9.22. The minimum atomic E-state index is 0.215. The van der Waals surface area contributed by atoms with Gasteiger partial charge >= 0.3 is 0 Å². The van der Waals surface area contributed by atoms with Gasteiger partial charge in [-0.25, -0.2) is 0 Å². The van der Waals surface area contributed by atoms with Crippen molar-refractivity contribution in [1.29, 1.82) is 0 Å². The molecule has 80 valence electrons. The van der Waals surface area contributed by atoms with E-state index in [1.54, 1.807) is 0 Å². The highest BCUT2D eigenvalue weighted by molar-refractivity contribution is 4.34. The molecule has 0 aliphatic heterocycles. The van der Waals surface area contributed by atoms with Crippen molar-refractivity contribution in [3.8, 4) is 0 Å². The molecule has 0 aromatic carbocycles. The first kappa shape index (κ1) is 12.8. The third kappa shape index (κ3) is 11.8. The summed E-state index contributed by atoms with van der Waals surface area (Å²) in [4.78, 5) is 0. The van der Waals surface area contributed by atoms with Crippen LogP contribution in [-0.4, -0.2) is 32.5 Å². The van der Waals surface area contributed by atoms with E-state index >= 15 is 0 Å². The quantitative estimate of drug-likeness (QED) is 0.464. The van der Waals surface area contributed by atoms with E-state index in [-0.39, 0.29) is 12.2 Å². The predicted molar refractivity (Wildman–Crippen MR) is 51.3 cm³/mol. The van der Waals surface area contributed by atoms with Gasteiger partial charge in [-0.15, -0.1) is 0 Å². The Morgan fingerprint density at radius 2 is 1.54 bits per heavy atom. The molecule has 4 nitrogen and oxygen atoms in total. The van der Waals surface area contributed by atoms with E-state index in [1.165, 1.54) is 0 Å². The topological polar surface area (TPSA) is 39.7 Å². The Bertz CT molecular complexity index is 95.0. The second kappa shape index (κ2) is 8.44. The van der Waals surface area contributed by atoms with Gasteiger partial charge in [0.05, 0.1) is 18.9 Å². The van der Waals surface area contributed by atoms with Crippen LogP contribution in [0.4, 0.5) is 0 Å². The smallest absolute Gasteiger partial charge is 0.148 e. The molecule has 4 heteroatoms. The largest absolute Gasteiger partial charge is 0.364 e. The molecule has 0 amide bonds. The Labute approximate surface area is 80.5 Å². The summed E-state index contributed by atoms with van der Waals surface area (Å²) in [6, 6.07) is 0. The van der Waals surface area contributed by atoms with E-state index in [4.69, 9.17) is 14.2 Å². The molecule has 1 N–H and O–H groups in total. The standard InChI is InChI=1S/C9H21NO3/c1-8(2)12-6-10-5-11-7-13-9(3)4/h8-10H,5-7H2,1-4H3. The zero-order chi connectivity index (χ0) is 10.1. The molecule has 0 heterocycles. The van der Waals surface area contributed by atoms with Crippen molar-refractivity contribution in [1.82, 2.24) is 5.32 Å². The monoisotopic (exact) mass is 191 g/mol. The van der Waals surface area contributed by atoms with Crippen molar-refractivity contribution >= 4 is 0 Å². The van der Waals surface area contributed by atoms with E-state index in [1.807, 2.05) is 27.7 Å². The van der Waals surface area contributed by atoms with Gasteiger partial charge < -0.3 is 14.2 Å². The average Bonchev–Trinajstić information content (AvgIpc) is 2.01. The zero-order valence-corrected chi connectivity index (χ0v) is 9.00. The SMILES string of the molecule is CC(C)OCNCOCOC(C)C. The third-order valence-corrected chi connectivity index (χ3v) is 1.21. The first-order valence-corrected chi connectivity index (χ1v) is 4.64. The molecule has 0 bridgehead atoms. The molecule has 0 spiro atoms. The molecular weight excluding hydrogens is 170 g/mol. The van der Waals surface area contributed by atoms with Crippen LogP contribution in [0.25, 0.3) is 0 Å². The molecule has 0 fully saturated rings. The summed E-state index contributed by atoms with van der Waals surface area (Å²) in [5.74, 6) is 0. The molecule has 0 aromatic heterocycles. The third-order valence-electron chi connectivity index (χ3n) is 1.21. The lowest BCUT2D eigenvalue weighted by Crippen LogP contribution is -2.24. The van der Waals surface area contributed by atoms with Gasteiger partial charge in [0.25, 0.3) is 0 Å². The fourth-order valence-corrected chi connectivity index (χ4v) is 0.565. The molecule has 0 aromatic rings. The Morgan fingerprint density at radius 1 is 0.923 bits per heavy atom. The van der Waals surface area contributed by atoms with Crippen molar-refractivity contribution in [2.24, 2.45) is 0 Å². The maximum atomic E-state index is 5.24. The Kier molecular flexibility index (Phi) is 8.33. The van der Waals surface area contributed by atoms with E-state index in [0.29, 0.717) is 20.3 Å². The maximum Gasteiger partial charge on any atom is 0.148 e. The van der Waals surface area contributed by atoms with Gasteiger partial charge in [-0.2, -0.15) is 0 Å².